The van der Waals surface area contributed by atoms with Crippen LogP contribution in [0.4, 0.5) is 0 Å². The lowest BCUT2D eigenvalue weighted by Gasteiger charge is -2.14. The number of rotatable bonds is 2. The molecule has 1 rings (SSSR count). The Morgan fingerprint density at radius 1 is 1.08 bits per heavy atom. The number of benzene rings is 1. The van der Waals surface area contributed by atoms with E-state index in [0.717, 1.165) is 0 Å². The molecule has 0 aromatic heterocycles. The summed E-state index contributed by atoms with van der Waals surface area (Å²) in [4.78, 5) is 0. The van der Waals surface area contributed by atoms with Crippen LogP contribution in [0.5, 0.6) is 0 Å². The highest BCUT2D eigenvalue weighted by Gasteiger charge is 2.10. The SMILES string of the molecule is Cc1ccc([C@H](C)[C@H](C)O)cc1. The second-order valence-corrected chi connectivity index (χ2v) is 3.44. The van der Waals surface area contributed by atoms with Crippen molar-refractivity contribution < 1.29 is 5.11 Å². The normalized spacial score (nSPS) is 15.7. The van der Waals surface area contributed by atoms with Gasteiger partial charge in [-0.05, 0) is 19.4 Å². The molecule has 0 unspecified atom stereocenters. The molecule has 0 spiro atoms. The molecule has 2 atom stereocenters. The highest BCUT2D eigenvalue weighted by atomic mass is 16.3. The number of hydrogen-bond donors (Lipinski definition) is 1. The molecule has 1 heteroatoms. The van der Waals surface area contributed by atoms with Gasteiger partial charge in [0.2, 0.25) is 0 Å². The zero-order chi connectivity index (χ0) is 9.14. The van der Waals surface area contributed by atoms with E-state index in [1.54, 1.807) is 0 Å². The average Bonchev–Trinajstić information content (AvgIpc) is 2.04. The first-order chi connectivity index (χ1) is 5.61. The van der Waals surface area contributed by atoms with Crippen molar-refractivity contribution in [1.82, 2.24) is 0 Å². The third-order valence-electron chi connectivity index (χ3n) is 2.33. The molecule has 0 amide bonds. The molecule has 1 aromatic rings. The van der Waals surface area contributed by atoms with Crippen molar-refractivity contribution >= 4 is 0 Å². The lowest BCUT2D eigenvalue weighted by Crippen LogP contribution is -2.10. The van der Waals surface area contributed by atoms with Crippen LogP contribution in [0.3, 0.4) is 0 Å². The Kier molecular flexibility index (Phi) is 2.88. The maximum Gasteiger partial charge on any atom is 0.0577 e. The van der Waals surface area contributed by atoms with Gasteiger partial charge in [-0.15, -0.1) is 0 Å². The fourth-order valence-electron chi connectivity index (χ4n) is 1.15. The van der Waals surface area contributed by atoms with Crippen LogP contribution < -0.4 is 0 Å². The van der Waals surface area contributed by atoms with Crippen LogP contribution in [0.25, 0.3) is 0 Å². The molecule has 0 saturated carbocycles. The zero-order valence-electron chi connectivity index (χ0n) is 7.91. The first-order valence-electron chi connectivity index (χ1n) is 4.36. The molecule has 0 saturated heterocycles. The van der Waals surface area contributed by atoms with Gasteiger partial charge in [-0.25, -0.2) is 0 Å². The van der Waals surface area contributed by atoms with Gasteiger partial charge in [-0.1, -0.05) is 36.8 Å². The van der Waals surface area contributed by atoms with Gasteiger partial charge in [0.05, 0.1) is 6.10 Å². The van der Waals surface area contributed by atoms with Crippen LogP contribution >= 0.6 is 0 Å². The van der Waals surface area contributed by atoms with E-state index in [1.807, 2.05) is 13.8 Å². The first kappa shape index (κ1) is 9.27. The van der Waals surface area contributed by atoms with Gasteiger partial charge in [0.1, 0.15) is 0 Å². The fourth-order valence-corrected chi connectivity index (χ4v) is 1.15. The van der Waals surface area contributed by atoms with E-state index in [9.17, 15) is 5.11 Å². The van der Waals surface area contributed by atoms with E-state index < -0.39 is 0 Å². The van der Waals surface area contributed by atoms with E-state index in [1.165, 1.54) is 11.1 Å². The highest BCUT2D eigenvalue weighted by molar-refractivity contribution is 5.24. The minimum atomic E-state index is -0.271. The maximum absolute atomic E-state index is 9.34. The van der Waals surface area contributed by atoms with Crippen LogP contribution in [-0.2, 0) is 0 Å². The van der Waals surface area contributed by atoms with Crippen LogP contribution in [0.15, 0.2) is 24.3 Å². The summed E-state index contributed by atoms with van der Waals surface area (Å²) in [6, 6.07) is 8.31. The number of hydrogen-bond acceptors (Lipinski definition) is 1. The summed E-state index contributed by atoms with van der Waals surface area (Å²) in [5, 5.41) is 9.34. The molecule has 12 heavy (non-hydrogen) atoms. The van der Waals surface area contributed by atoms with Gasteiger partial charge in [-0.2, -0.15) is 0 Å². The van der Waals surface area contributed by atoms with Gasteiger partial charge < -0.3 is 5.11 Å². The van der Waals surface area contributed by atoms with Gasteiger partial charge in [0.25, 0.3) is 0 Å². The molecule has 0 bridgehead atoms. The molecule has 0 aliphatic carbocycles. The van der Waals surface area contributed by atoms with Crippen molar-refractivity contribution in [1.29, 1.82) is 0 Å². The third kappa shape index (κ3) is 2.08. The van der Waals surface area contributed by atoms with Gasteiger partial charge in [-0.3, -0.25) is 0 Å². The van der Waals surface area contributed by atoms with E-state index >= 15 is 0 Å². The number of aliphatic hydroxyl groups excluding tert-OH is 1. The molecule has 66 valence electrons. The van der Waals surface area contributed by atoms with E-state index in [2.05, 4.69) is 31.2 Å². The van der Waals surface area contributed by atoms with Crippen LogP contribution in [0.1, 0.15) is 30.9 Å². The van der Waals surface area contributed by atoms with Crippen LogP contribution in [0.2, 0.25) is 0 Å². The summed E-state index contributed by atoms with van der Waals surface area (Å²) < 4.78 is 0. The van der Waals surface area contributed by atoms with Crippen molar-refractivity contribution in [3.8, 4) is 0 Å². The zero-order valence-corrected chi connectivity index (χ0v) is 7.91. The summed E-state index contributed by atoms with van der Waals surface area (Å²) in [6.07, 6.45) is -0.271. The van der Waals surface area contributed by atoms with Gasteiger partial charge >= 0.3 is 0 Å². The molecule has 0 radical (unpaired) electrons. The lowest BCUT2D eigenvalue weighted by atomic mass is 9.96. The smallest absolute Gasteiger partial charge is 0.0577 e. The van der Waals surface area contributed by atoms with Crippen molar-refractivity contribution in [2.75, 3.05) is 0 Å². The topological polar surface area (TPSA) is 20.2 Å². The molecule has 0 aliphatic rings. The quantitative estimate of drug-likeness (QED) is 0.712. The molecule has 0 aliphatic heterocycles. The average molecular weight is 164 g/mol. The molecule has 0 fully saturated rings. The number of aryl methyl sites for hydroxylation is 1. The molecule has 1 nitrogen and oxygen atoms in total. The lowest BCUT2D eigenvalue weighted by molar-refractivity contribution is 0.169. The Bertz CT molecular complexity index is 236. The second-order valence-electron chi connectivity index (χ2n) is 3.44. The summed E-state index contributed by atoms with van der Waals surface area (Å²) in [5.41, 5.74) is 2.46. The molecule has 0 heterocycles. The Labute approximate surface area is 74.1 Å². The Hall–Kier alpha value is -0.820. The molecule has 1 N–H and O–H groups in total. The highest BCUT2D eigenvalue weighted by Crippen LogP contribution is 2.18. The third-order valence-corrected chi connectivity index (χ3v) is 2.33. The van der Waals surface area contributed by atoms with Crippen LogP contribution in [0, 0.1) is 6.92 Å². The minimum absolute atomic E-state index is 0.227. The monoisotopic (exact) mass is 164 g/mol. The predicted octanol–water partition coefficient (Wildman–Crippen LogP) is 2.48. The fraction of sp³-hybridized carbons (Fsp3) is 0.455. The van der Waals surface area contributed by atoms with Crippen molar-refractivity contribution in [3.63, 3.8) is 0 Å². The van der Waals surface area contributed by atoms with Gasteiger partial charge in [0.15, 0.2) is 0 Å². The standard InChI is InChI=1S/C11H16O/c1-8-4-6-11(7-5-8)9(2)10(3)12/h4-7,9-10,12H,1-3H3/t9-,10+/m1/s1. The summed E-state index contributed by atoms with van der Waals surface area (Å²) in [6.45, 7) is 5.93. The second kappa shape index (κ2) is 3.72. The first-order valence-corrected chi connectivity index (χ1v) is 4.36. The van der Waals surface area contributed by atoms with Crippen molar-refractivity contribution in [3.05, 3.63) is 35.4 Å². The summed E-state index contributed by atoms with van der Waals surface area (Å²) in [7, 11) is 0. The van der Waals surface area contributed by atoms with E-state index in [0.29, 0.717) is 0 Å². The number of aliphatic hydroxyl groups is 1. The molecule has 1 aromatic carbocycles. The predicted molar refractivity (Wildman–Crippen MR) is 51.3 cm³/mol. The Balaban J connectivity index is 2.82. The van der Waals surface area contributed by atoms with Crippen LogP contribution in [-0.4, -0.2) is 11.2 Å². The van der Waals surface area contributed by atoms with Crippen molar-refractivity contribution in [2.45, 2.75) is 32.8 Å². The molecular weight excluding hydrogens is 148 g/mol. The largest absolute Gasteiger partial charge is 0.393 e. The van der Waals surface area contributed by atoms with E-state index in [-0.39, 0.29) is 12.0 Å². The summed E-state index contributed by atoms with van der Waals surface area (Å²) >= 11 is 0. The Morgan fingerprint density at radius 2 is 1.58 bits per heavy atom. The van der Waals surface area contributed by atoms with Crippen molar-refractivity contribution in [2.24, 2.45) is 0 Å². The van der Waals surface area contributed by atoms with E-state index in [4.69, 9.17) is 0 Å². The maximum atomic E-state index is 9.34. The molecular formula is C11H16O. The van der Waals surface area contributed by atoms with Gasteiger partial charge in [0, 0.05) is 5.92 Å². The minimum Gasteiger partial charge on any atom is -0.393 e. The summed E-state index contributed by atoms with van der Waals surface area (Å²) in [5.74, 6) is 0.227. The Morgan fingerprint density at radius 3 is 2.00 bits per heavy atom.